The number of para-hydroxylation sites is 1. The summed E-state index contributed by atoms with van der Waals surface area (Å²) in [5.74, 6) is 0.0118. The van der Waals surface area contributed by atoms with Crippen molar-refractivity contribution in [3.63, 3.8) is 0 Å². The molecule has 0 atom stereocenters. The highest BCUT2D eigenvalue weighted by Gasteiger charge is 2.10. The van der Waals surface area contributed by atoms with E-state index < -0.39 is 5.91 Å². The number of halogens is 1. The maximum absolute atomic E-state index is 12.0. The van der Waals surface area contributed by atoms with E-state index in [1.54, 1.807) is 35.1 Å². The Bertz CT molecular complexity index is 1040. The van der Waals surface area contributed by atoms with Crippen molar-refractivity contribution in [3.05, 3.63) is 71.4 Å². The first-order chi connectivity index (χ1) is 14.2. The van der Waals surface area contributed by atoms with Crippen LogP contribution in [0, 0.1) is 11.3 Å². The Labute approximate surface area is 173 Å². The summed E-state index contributed by atoms with van der Waals surface area (Å²) < 4.78 is 7.07. The first-order valence-corrected chi connectivity index (χ1v) is 9.24. The fraction of sp³-hybridized carbons (Fsp3) is 0.143. The van der Waals surface area contributed by atoms with Crippen molar-refractivity contribution < 1.29 is 9.53 Å². The van der Waals surface area contributed by atoms with Crippen LogP contribution in [0.4, 0.5) is 0 Å². The minimum absolute atomic E-state index is 0.214. The van der Waals surface area contributed by atoms with Gasteiger partial charge in [0, 0.05) is 17.3 Å². The van der Waals surface area contributed by atoms with E-state index in [0.717, 1.165) is 11.1 Å². The molecule has 1 N–H and O–H groups in total. The zero-order valence-corrected chi connectivity index (χ0v) is 16.2. The molecule has 146 valence electrons. The molecule has 29 heavy (non-hydrogen) atoms. The van der Waals surface area contributed by atoms with Gasteiger partial charge in [0.05, 0.1) is 30.3 Å². The van der Waals surface area contributed by atoms with Crippen LogP contribution >= 0.6 is 11.6 Å². The third-order valence-corrected chi connectivity index (χ3v) is 4.19. The van der Waals surface area contributed by atoms with Crippen LogP contribution in [0.3, 0.4) is 0 Å². The molecule has 3 rings (SSSR count). The number of hydrogen-bond acceptors (Lipinski definition) is 5. The van der Waals surface area contributed by atoms with Gasteiger partial charge < -0.3 is 4.74 Å². The maximum Gasteiger partial charge on any atom is 0.277 e. The number of aromatic nitrogens is 2. The highest BCUT2D eigenvalue weighted by molar-refractivity contribution is 6.32. The molecule has 0 aliphatic heterocycles. The summed E-state index contributed by atoms with van der Waals surface area (Å²) >= 11 is 5.99. The molecule has 0 saturated carbocycles. The first kappa shape index (κ1) is 20.1. The molecule has 1 heterocycles. The Morgan fingerprint density at radius 1 is 1.24 bits per heavy atom. The molecule has 0 saturated heterocycles. The van der Waals surface area contributed by atoms with E-state index in [0.29, 0.717) is 29.4 Å². The average Bonchev–Trinajstić information content (AvgIpc) is 3.15. The maximum atomic E-state index is 12.0. The molecule has 2 aromatic carbocycles. The second kappa shape index (κ2) is 10.1. The molecular weight excluding hydrogens is 390 g/mol. The van der Waals surface area contributed by atoms with Gasteiger partial charge in [-0.1, -0.05) is 54.1 Å². The van der Waals surface area contributed by atoms with Crippen LogP contribution < -0.4 is 10.2 Å². The lowest BCUT2D eigenvalue weighted by Gasteiger charge is -2.06. The van der Waals surface area contributed by atoms with Crippen molar-refractivity contribution in [2.24, 2.45) is 5.10 Å². The zero-order valence-electron chi connectivity index (χ0n) is 15.5. The fourth-order valence-corrected chi connectivity index (χ4v) is 2.73. The standard InChI is InChI=1S/C21H18ClN5O2/c22-18-9-4-5-10-19(18)29-15-20(28)25-24-13-17-14-27(12-6-11-23)26-21(17)16-7-2-1-3-8-16/h1-5,7-10,13-14H,6,12,15H2,(H,25,28)/b24-13-. The van der Waals surface area contributed by atoms with Gasteiger partial charge in [0.25, 0.3) is 5.91 Å². The summed E-state index contributed by atoms with van der Waals surface area (Å²) in [6.45, 7) is 0.260. The van der Waals surface area contributed by atoms with Crippen LogP contribution in [0.5, 0.6) is 5.75 Å². The predicted octanol–water partition coefficient (Wildman–Crippen LogP) is 3.65. The van der Waals surface area contributed by atoms with E-state index in [2.05, 4.69) is 21.7 Å². The van der Waals surface area contributed by atoms with Crippen molar-refractivity contribution in [2.75, 3.05) is 6.61 Å². The molecule has 0 spiro atoms. The lowest BCUT2D eigenvalue weighted by atomic mass is 10.1. The zero-order chi connectivity index (χ0) is 20.5. The van der Waals surface area contributed by atoms with Crippen LogP contribution in [-0.4, -0.2) is 28.5 Å². The second-order valence-corrected chi connectivity index (χ2v) is 6.39. The number of carbonyl (C=O) groups is 1. The minimum Gasteiger partial charge on any atom is -0.482 e. The Morgan fingerprint density at radius 3 is 2.76 bits per heavy atom. The van der Waals surface area contributed by atoms with E-state index in [1.807, 2.05) is 30.3 Å². The fourth-order valence-electron chi connectivity index (χ4n) is 2.54. The molecule has 8 heteroatoms. The lowest BCUT2D eigenvalue weighted by molar-refractivity contribution is -0.123. The van der Waals surface area contributed by atoms with Gasteiger partial charge >= 0.3 is 0 Å². The van der Waals surface area contributed by atoms with Gasteiger partial charge in [-0.05, 0) is 12.1 Å². The Hall–Kier alpha value is -3.63. The van der Waals surface area contributed by atoms with Crippen molar-refractivity contribution in [3.8, 4) is 23.1 Å². The molecule has 1 aromatic heterocycles. The molecule has 0 fully saturated rings. The Kier molecular flexibility index (Phi) is 6.98. The number of nitrogens with zero attached hydrogens (tertiary/aromatic N) is 4. The molecule has 0 aliphatic rings. The molecule has 0 bridgehead atoms. The lowest BCUT2D eigenvalue weighted by Crippen LogP contribution is -2.24. The molecule has 0 radical (unpaired) electrons. The van der Waals surface area contributed by atoms with Crippen LogP contribution in [-0.2, 0) is 11.3 Å². The number of ether oxygens (including phenoxy) is 1. The monoisotopic (exact) mass is 407 g/mol. The van der Waals surface area contributed by atoms with Crippen LogP contribution in [0.25, 0.3) is 11.3 Å². The molecule has 0 aliphatic carbocycles. The number of hydrogen-bond donors (Lipinski definition) is 1. The SMILES string of the molecule is N#CCCn1cc(/C=N\NC(=O)COc2ccccc2Cl)c(-c2ccccc2)n1. The summed E-state index contributed by atoms with van der Waals surface area (Å²) in [5, 5.41) is 17.7. The number of rotatable bonds is 8. The number of amides is 1. The summed E-state index contributed by atoms with van der Waals surface area (Å²) in [7, 11) is 0. The van der Waals surface area contributed by atoms with Gasteiger partial charge in [-0.3, -0.25) is 9.48 Å². The van der Waals surface area contributed by atoms with E-state index in [4.69, 9.17) is 21.6 Å². The van der Waals surface area contributed by atoms with Crippen molar-refractivity contribution in [2.45, 2.75) is 13.0 Å². The smallest absolute Gasteiger partial charge is 0.277 e. The van der Waals surface area contributed by atoms with E-state index in [9.17, 15) is 4.79 Å². The van der Waals surface area contributed by atoms with Gasteiger partial charge in [-0.2, -0.15) is 15.5 Å². The topological polar surface area (TPSA) is 92.3 Å². The first-order valence-electron chi connectivity index (χ1n) is 8.86. The van der Waals surface area contributed by atoms with E-state index in [-0.39, 0.29) is 6.61 Å². The summed E-state index contributed by atoms with van der Waals surface area (Å²) in [6, 6.07) is 18.6. The molecule has 7 nitrogen and oxygen atoms in total. The number of nitrogens with one attached hydrogen (secondary N) is 1. The minimum atomic E-state index is -0.417. The number of aryl methyl sites for hydroxylation is 1. The van der Waals surface area contributed by atoms with E-state index in [1.165, 1.54) is 6.21 Å². The third kappa shape index (κ3) is 5.67. The summed E-state index contributed by atoms with van der Waals surface area (Å²) in [5.41, 5.74) is 4.78. The quantitative estimate of drug-likeness (QED) is 0.455. The number of carbonyl (C=O) groups excluding carboxylic acids is 1. The second-order valence-electron chi connectivity index (χ2n) is 5.98. The highest BCUT2D eigenvalue weighted by atomic mass is 35.5. The van der Waals surface area contributed by atoms with Crippen molar-refractivity contribution >= 4 is 23.7 Å². The van der Waals surface area contributed by atoms with Crippen molar-refractivity contribution in [1.82, 2.24) is 15.2 Å². The van der Waals surface area contributed by atoms with Crippen LogP contribution in [0.1, 0.15) is 12.0 Å². The molecule has 1 amide bonds. The van der Waals surface area contributed by atoms with Crippen molar-refractivity contribution in [1.29, 1.82) is 5.26 Å². The van der Waals surface area contributed by atoms with Gasteiger partial charge in [-0.25, -0.2) is 5.43 Å². The average molecular weight is 408 g/mol. The Morgan fingerprint density at radius 2 is 2.00 bits per heavy atom. The van der Waals surface area contributed by atoms with Gasteiger partial charge in [-0.15, -0.1) is 0 Å². The number of nitriles is 1. The van der Waals surface area contributed by atoms with Crippen LogP contribution in [0.15, 0.2) is 65.9 Å². The number of hydrazone groups is 1. The molecule has 0 unspecified atom stereocenters. The normalized spacial score (nSPS) is 10.6. The predicted molar refractivity (Wildman–Crippen MR) is 111 cm³/mol. The largest absolute Gasteiger partial charge is 0.482 e. The summed E-state index contributed by atoms with van der Waals surface area (Å²) in [4.78, 5) is 12.0. The third-order valence-electron chi connectivity index (χ3n) is 3.88. The van der Waals surface area contributed by atoms with Gasteiger partial charge in [0.1, 0.15) is 11.4 Å². The van der Waals surface area contributed by atoms with Gasteiger partial charge in [0.2, 0.25) is 0 Å². The van der Waals surface area contributed by atoms with E-state index >= 15 is 0 Å². The highest BCUT2D eigenvalue weighted by Crippen LogP contribution is 2.23. The molecular formula is C21H18ClN5O2. The number of benzene rings is 2. The van der Waals surface area contributed by atoms with Crippen LogP contribution in [0.2, 0.25) is 5.02 Å². The van der Waals surface area contributed by atoms with Gasteiger partial charge in [0.15, 0.2) is 6.61 Å². The Balaban J connectivity index is 1.66. The molecule has 3 aromatic rings. The summed E-state index contributed by atoms with van der Waals surface area (Å²) in [6.07, 6.45) is 3.66.